The monoisotopic (exact) mass is 502 g/mol. The second-order valence-electron chi connectivity index (χ2n) is 5.57. The van der Waals surface area contributed by atoms with Gasteiger partial charge < -0.3 is 19.3 Å². The summed E-state index contributed by atoms with van der Waals surface area (Å²) in [7, 11) is -3.31. The number of benzene rings is 2. The van der Waals surface area contributed by atoms with Crippen molar-refractivity contribution in [3.63, 3.8) is 0 Å². The van der Waals surface area contributed by atoms with Crippen LogP contribution in [0.3, 0.4) is 0 Å². The van der Waals surface area contributed by atoms with E-state index in [2.05, 4.69) is 18.5 Å². The second kappa shape index (κ2) is 16.7. The number of carbonyl (C=O) groups excluding carboxylic acids is 2. The Bertz CT molecular complexity index is 891. The standard InChI is InChI=1S/2C9H9O5P.2Na/c2*1-6-5-7(14-15(11)12)3-4-8(6)9(10)13-2;;/h2*3-5H,1-2H3;;/q;;2*+1. The van der Waals surface area contributed by atoms with Crippen molar-refractivity contribution in [1.82, 2.24) is 0 Å². The summed E-state index contributed by atoms with van der Waals surface area (Å²) in [6, 6.07) is 8.61. The number of esters is 2. The summed E-state index contributed by atoms with van der Waals surface area (Å²) in [5.41, 5.74) is 1.95. The molecular formula is C18H18Na2O10P2+2. The van der Waals surface area contributed by atoms with Gasteiger partial charge in [0, 0.05) is 0 Å². The van der Waals surface area contributed by atoms with Gasteiger partial charge in [-0.3, -0.25) is 9.05 Å². The van der Waals surface area contributed by atoms with Crippen molar-refractivity contribution in [3.8, 4) is 11.5 Å². The SMILES string of the molecule is COC(=O)c1ccc(O[P+](=O)[O-])cc1C.COC(=O)c1ccc(O[P+](=O)[O-])cc1C.[Na+].[Na+]. The number of hydrogen-bond donors (Lipinski definition) is 0. The molecule has 2 aromatic carbocycles. The van der Waals surface area contributed by atoms with Gasteiger partial charge in [-0.2, -0.15) is 0 Å². The van der Waals surface area contributed by atoms with E-state index in [1.54, 1.807) is 13.8 Å². The molecule has 0 N–H and O–H groups in total. The molecule has 2 unspecified atom stereocenters. The molecular weight excluding hydrogens is 484 g/mol. The van der Waals surface area contributed by atoms with Crippen molar-refractivity contribution in [2.75, 3.05) is 14.2 Å². The first-order valence-corrected chi connectivity index (χ1v) is 10.3. The summed E-state index contributed by atoms with van der Waals surface area (Å²) in [5, 5.41) is 0. The largest absolute Gasteiger partial charge is 1.00 e. The zero-order valence-corrected chi connectivity index (χ0v) is 24.2. The third-order valence-electron chi connectivity index (χ3n) is 3.57. The van der Waals surface area contributed by atoms with Gasteiger partial charge >= 0.3 is 87.6 Å². The molecule has 160 valence electrons. The number of aryl methyl sites for hydroxylation is 2. The fourth-order valence-corrected chi connectivity index (χ4v) is 2.81. The third-order valence-corrected chi connectivity index (χ3v) is 4.29. The number of methoxy groups -OCH3 is 2. The summed E-state index contributed by atoms with van der Waals surface area (Å²) >= 11 is 0. The average Bonchev–Trinajstić information content (AvgIpc) is 2.66. The van der Waals surface area contributed by atoms with Crippen LogP contribution >= 0.6 is 16.5 Å². The molecule has 0 bridgehead atoms. The first-order chi connectivity index (χ1) is 14.1. The maximum Gasteiger partial charge on any atom is 1.00 e. The molecule has 2 aromatic rings. The molecule has 0 aromatic heterocycles. The van der Waals surface area contributed by atoms with Crippen LogP contribution in [0.1, 0.15) is 31.8 Å². The molecule has 0 heterocycles. The fourth-order valence-electron chi connectivity index (χ4n) is 2.24. The Balaban J connectivity index is 0. The van der Waals surface area contributed by atoms with E-state index in [-0.39, 0.29) is 70.6 Å². The molecule has 32 heavy (non-hydrogen) atoms. The fraction of sp³-hybridized carbons (Fsp3) is 0.222. The van der Waals surface area contributed by atoms with E-state index in [1.165, 1.54) is 50.6 Å². The minimum atomic E-state index is -2.93. The van der Waals surface area contributed by atoms with Crippen molar-refractivity contribution in [2.45, 2.75) is 13.8 Å². The van der Waals surface area contributed by atoms with E-state index in [4.69, 9.17) is 0 Å². The number of rotatable bonds is 6. The molecule has 10 nitrogen and oxygen atoms in total. The first-order valence-electron chi connectivity index (χ1n) is 8.11. The van der Waals surface area contributed by atoms with Crippen LogP contribution in [0.2, 0.25) is 0 Å². The second-order valence-corrected chi connectivity index (χ2v) is 6.83. The van der Waals surface area contributed by atoms with Crippen molar-refractivity contribution >= 4 is 28.4 Å². The van der Waals surface area contributed by atoms with Crippen molar-refractivity contribution in [3.05, 3.63) is 58.7 Å². The normalized spacial score (nSPS) is 10.1. The maximum atomic E-state index is 11.2. The minimum Gasteiger partial charge on any atom is -0.558 e. The van der Waals surface area contributed by atoms with Gasteiger partial charge in [-0.15, -0.1) is 0 Å². The van der Waals surface area contributed by atoms with Gasteiger partial charge in [-0.1, -0.05) is 0 Å². The summed E-state index contributed by atoms with van der Waals surface area (Å²) in [6.07, 6.45) is 0. The molecule has 0 aliphatic carbocycles. The Labute approximate surface area is 231 Å². The van der Waals surface area contributed by atoms with Crippen LogP contribution in [0.15, 0.2) is 36.4 Å². The Morgan fingerprint density at radius 2 is 1.03 bits per heavy atom. The minimum absolute atomic E-state index is 0. The van der Waals surface area contributed by atoms with Crippen LogP contribution in [0, 0.1) is 13.8 Å². The number of hydrogen-bond acceptors (Lipinski definition) is 10. The molecule has 0 saturated heterocycles. The molecule has 0 aliphatic heterocycles. The van der Waals surface area contributed by atoms with Crippen LogP contribution in [-0.2, 0) is 18.6 Å². The molecule has 14 heteroatoms. The smallest absolute Gasteiger partial charge is 0.558 e. The van der Waals surface area contributed by atoms with Crippen LogP contribution in [-0.4, -0.2) is 26.2 Å². The van der Waals surface area contributed by atoms with E-state index in [1.807, 2.05) is 0 Å². The van der Waals surface area contributed by atoms with Crippen molar-refractivity contribution in [1.29, 1.82) is 0 Å². The number of ether oxygens (including phenoxy) is 2. The number of carbonyl (C=O) groups is 2. The Morgan fingerprint density at radius 1 is 0.719 bits per heavy atom. The van der Waals surface area contributed by atoms with Crippen molar-refractivity contribution < 1.29 is 106 Å². The Hall–Kier alpha value is -0.900. The van der Waals surface area contributed by atoms with Gasteiger partial charge in [-0.25, -0.2) is 9.59 Å². The molecule has 0 spiro atoms. The van der Waals surface area contributed by atoms with E-state index in [0.29, 0.717) is 22.3 Å². The Morgan fingerprint density at radius 3 is 1.25 bits per heavy atom. The van der Waals surface area contributed by atoms with Crippen LogP contribution in [0.5, 0.6) is 11.5 Å². The van der Waals surface area contributed by atoms with Gasteiger partial charge in [0.05, 0.1) is 25.3 Å². The van der Waals surface area contributed by atoms with Crippen LogP contribution < -0.4 is 77.9 Å². The van der Waals surface area contributed by atoms with E-state index < -0.39 is 28.4 Å². The molecule has 0 saturated carbocycles. The zero-order valence-electron chi connectivity index (χ0n) is 18.4. The van der Waals surface area contributed by atoms with Gasteiger partial charge in [0.15, 0.2) is 11.5 Å². The van der Waals surface area contributed by atoms with Gasteiger partial charge in [0.2, 0.25) is 0 Å². The van der Waals surface area contributed by atoms with E-state index >= 15 is 0 Å². The quantitative estimate of drug-likeness (QED) is 0.220. The van der Waals surface area contributed by atoms with E-state index in [9.17, 15) is 28.5 Å². The first kappa shape index (κ1) is 33.3. The van der Waals surface area contributed by atoms with E-state index in [0.717, 1.165) is 0 Å². The van der Waals surface area contributed by atoms with Gasteiger partial charge in [0.1, 0.15) is 0 Å². The molecule has 0 amide bonds. The predicted octanol–water partition coefficient (Wildman–Crippen LogP) is -3.64. The summed E-state index contributed by atoms with van der Waals surface area (Å²) in [6.45, 7) is 3.33. The molecule has 2 atom stereocenters. The summed E-state index contributed by atoms with van der Waals surface area (Å²) < 4.78 is 38.6. The van der Waals surface area contributed by atoms with Crippen LogP contribution in [0.4, 0.5) is 0 Å². The Kier molecular flexibility index (Phi) is 17.3. The molecule has 0 radical (unpaired) electrons. The van der Waals surface area contributed by atoms with Crippen LogP contribution in [0.25, 0.3) is 0 Å². The molecule has 2 rings (SSSR count). The third kappa shape index (κ3) is 11.3. The molecule has 0 fully saturated rings. The average molecular weight is 502 g/mol. The molecule has 0 aliphatic rings. The predicted molar refractivity (Wildman–Crippen MR) is 102 cm³/mol. The zero-order chi connectivity index (χ0) is 22.8. The van der Waals surface area contributed by atoms with Crippen molar-refractivity contribution in [2.24, 2.45) is 0 Å². The summed E-state index contributed by atoms with van der Waals surface area (Å²) in [5.74, 6) is -0.580. The van der Waals surface area contributed by atoms with Gasteiger partial charge in [-0.05, 0) is 70.5 Å². The maximum absolute atomic E-state index is 11.2. The summed E-state index contributed by atoms with van der Waals surface area (Å²) in [4.78, 5) is 42.9. The topological polar surface area (TPSA) is 151 Å². The van der Waals surface area contributed by atoms with Gasteiger partial charge in [0.25, 0.3) is 0 Å².